The number of ether oxygens (including phenoxy) is 1. The fourth-order valence-electron chi connectivity index (χ4n) is 2.93. The number of benzene rings is 1. The van der Waals surface area contributed by atoms with Crippen LogP contribution < -0.4 is 4.74 Å². The fraction of sp³-hybridized carbons (Fsp3) is 0.450. The van der Waals surface area contributed by atoms with E-state index in [1.54, 1.807) is 23.9 Å². The summed E-state index contributed by atoms with van der Waals surface area (Å²) < 4.78 is 53.5. The van der Waals surface area contributed by atoms with E-state index in [2.05, 4.69) is 26.7 Å². The molecule has 162 valence electrons. The van der Waals surface area contributed by atoms with E-state index in [-0.39, 0.29) is 5.82 Å². The number of hydrogen-bond acceptors (Lipinski definition) is 7. The minimum absolute atomic E-state index is 0.109. The number of hydrogen-bond donors (Lipinski definition) is 0. The Morgan fingerprint density at radius 3 is 2.43 bits per heavy atom. The molecular weight excluding hydrogens is 419 g/mol. The van der Waals surface area contributed by atoms with Crippen LogP contribution in [0.4, 0.5) is 13.2 Å². The molecule has 0 N–H and O–H groups in total. The van der Waals surface area contributed by atoms with Crippen molar-refractivity contribution in [1.29, 1.82) is 0 Å². The van der Waals surface area contributed by atoms with E-state index in [0.29, 0.717) is 24.3 Å². The zero-order valence-corrected chi connectivity index (χ0v) is 17.7. The molecule has 0 fully saturated rings. The highest BCUT2D eigenvalue weighted by molar-refractivity contribution is 7.98. The van der Waals surface area contributed by atoms with Gasteiger partial charge in [-0.15, -0.1) is 0 Å². The van der Waals surface area contributed by atoms with Gasteiger partial charge in [0.25, 0.3) is 0 Å². The molecule has 1 aromatic carbocycles. The molecule has 0 saturated carbocycles. The number of halogens is 3. The van der Waals surface area contributed by atoms with Crippen molar-refractivity contribution in [3.8, 4) is 17.1 Å². The minimum atomic E-state index is -4.67. The molecule has 0 amide bonds. The van der Waals surface area contributed by atoms with Crippen molar-refractivity contribution >= 4 is 11.8 Å². The van der Waals surface area contributed by atoms with Crippen molar-refractivity contribution in [2.24, 2.45) is 0 Å². The number of thioether (sulfide) groups is 1. The lowest BCUT2D eigenvalue weighted by atomic mass is 10.1. The molecule has 30 heavy (non-hydrogen) atoms. The maximum absolute atomic E-state index is 12.7. The SMILES string of the molecule is CCSCc1cc(CCCOc2c(C)cc(-c3noc(C(F)(F)F)n3)cc2C)on1. The fourth-order valence-corrected chi connectivity index (χ4v) is 3.48. The van der Waals surface area contributed by atoms with Gasteiger partial charge in [-0.2, -0.15) is 29.9 Å². The second kappa shape index (κ2) is 9.55. The first-order valence-corrected chi connectivity index (χ1v) is 10.6. The molecule has 3 rings (SSSR count). The molecule has 3 aromatic rings. The average molecular weight is 441 g/mol. The van der Waals surface area contributed by atoms with Crippen molar-refractivity contribution in [3.63, 3.8) is 0 Å². The summed E-state index contributed by atoms with van der Waals surface area (Å²) in [4.78, 5) is 3.43. The standard InChI is InChI=1S/C20H22F3N3O3S/c1-4-30-11-15-10-16(28-25-15)6-5-7-27-17-12(2)8-14(9-13(17)3)18-24-19(29-26-18)20(21,22)23/h8-10H,4-7,11H2,1-3H3. The molecule has 0 saturated heterocycles. The van der Waals surface area contributed by atoms with Crippen LogP contribution in [0.15, 0.2) is 27.2 Å². The van der Waals surface area contributed by atoms with Crippen LogP contribution in [-0.2, 0) is 18.3 Å². The second-order valence-electron chi connectivity index (χ2n) is 6.73. The first-order valence-electron chi connectivity index (χ1n) is 9.45. The van der Waals surface area contributed by atoms with Crippen LogP contribution in [0.25, 0.3) is 11.4 Å². The zero-order valence-electron chi connectivity index (χ0n) is 16.9. The molecule has 0 bridgehead atoms. The molecule has 0 aliphatic carbocycles. The summed E-state index contributed by atoms with van der Waals surface area (Å²) in [5.74, 6) is 1.91. The van der Waals surface area contributed by atoms with E-state index in [1.807, 2.05) is 19.9 Å². The lowest BCUT2D eigenvalue weighted by Crippen LogP contribution is -2.05. The van der Waals surface area contributed by atoms with Crippen molar-refractivity contribution in [2.75, 3.05) is 12.4 Å². The first kappa shape index (κ1) is 22.2. The quantitative estimate of drug-likeness (QED) is 0.399. The van der Waals surface area contributed by atoms with Gasteiger partial charge in [-0.05, 0) is 49.3 Å². The largest absolute Gasteiger partial charge is 0.493 e. The lowest BCUT2D eigenvalue weighted by Gasteiger charge is -2.13. The topological polar surface area (TPSA) is 74.2 Å². The van der Waals surface area contributed by atoms with Crippen LogP contribution in [0, 0.1) is 13.8 Å². The maximum Gasteiger partial charge on any atom is 0.471 e. The second-order valence-corrected chi connectivity index (χ2v) is 8.01. The van der Waals surface area contributed by atoms with Gasteiger partial charge in [0, 0.05) is 23.8 Å². The van der Waals surface area contributed by atoms with Crippen LogP contribution in [0.5, 0.6) is 5.75 Å². The van der Waals surface area contributed by atoms with Gasteiger partial charge in [0.2, 0.25) is 5.82 Å². The molecular formula is C20H22F3N3O3S. The summed E-state index contributed by atoms with van der Waals surface area (Å²) in [5.41, 5.74) is 2.94. The van der Waals surface area contributed by atoms with Gasteiger partial charge in [-0.3, -0.25) is 0 Å². The Morgan fingerprint density at radius 2 is 1.80 bits per heavy atom. The summed E-state index contributed by atoms with van der Waals surface area (Å²) in [5, 5.41) is 7.48. The molecule has 0 aliphatic rings. The van der Waals surface area contributed by atoms with E-state index in [0.717, 1.165) is 40.5 Å². The Balaban J connectivity index is 1.58. The molecule has 6 nitrogen and oxygen atoms in total. The van der Waals surface area contributed by atoms with E-state index in [4.69, 9.17) is 9.26 Å². The highest BCUT2D eigenvalue weighted by Crippen LogP contribution is 2.32. The van der Waals surface area contributed by atoms with Gasteiger partial charge >= 0.3 is 12.1 Å². The first-order chi connectivity index (χ1) is 14.3. The Hall–Kier alpha value is -2.49. The average Bonchev–Trinajstić information content (AvgIpc) is 3.34. The van der Waals surface area contributed by atoms with Gasteiger partial charge in [0.15, 0.2) is 0 Å². The molecule has 2 heterocycles. The number of nitrogens with zero attached hydrogens (tertiary/aromatic N) is 3. The van der Waals surface area contributed by atoms with Crippen LogP contribution in [0.1, 0.15) is 41.8 Å². The van der Waals surface area contributed by atoms with Crippen LogP contribution in [0.2, 0.25) is 0 Å². The van der Waals surface area contributed by atoms with Crippen molar-refractivity contribution < 1.29 is 27.0 Å². The van der Waals surface area contributed by atoms with Crippen LogP contribution in [0.3, 0.4) is 0 Å². The number of aryl methyl sites for hydroxylation is 3. The van der Waals surface area contributed by atoms with E-state index in [1.165, 1.54) is 0 Å². The summed E-state index contributed by atoms with van der Waals surface area (Å²) >= 11 is 1.79. The van der Waals surface area contributed by atoms with Crippen molar-refractivity contribution in [1.82, 2.24) is 15.3 Å². The summed E-state index contributed by atoms with van der Waals surface area (Å²) in [7, 11) is 0. The molecule has 0 spiro atoms. The van der Waals surface area contributed by atoms with Crippen molar-refractivity contribution in [3.05, 3.63) is 46.7 Å². The highest BCUT2D eigenvalue weighted by atomic mass is 32.2. The Bertz CT molecular complexity index is 962. The third-order valence-corrected chi connectivity index (χ3v) is 5.17. The summed E-state index contributed by atoms with van der Waals surface area (Å²) in [6.45, 7) is 6.22. The normalized spacial score (nSPS) is 11.8. The highest BCUT2D eigenvalue weighted by Gasteiger charge is 2.38. The third-order valence-electron chi connectivity index (χ3n) is 4.26. The Morgan fingerprint density at radius 1 is 1.07 bits per heavy atom. The van der Waals surface area contributed by atoms with Crippen LogP contribution in [-0.4, -0.2) is 27.7 Å². The zero-order chi connectivity index (χ0) is 21.7. The molecule has 2 aromatic heterocycles. The van der Waals surface area contributed by atoms with Gasteiger partial charge in [-0.1, -0.05) is 17.2 Å². The van der Waals surface area contributed by atoms with Crippen LogP contribution >= 0.6 is 11.8 Å². The van der Waals surface area contributed by atoms with Gasteiger partial charge < -0.3 is 13.8 Å². The maximum atomic E-state index is 12.7. The Kier molecular flexibility index (Phi) is 7.06. The van der Waals surface area contributed by atoms with Gasteiger partial charge in [-0.25, -0.2) is 0 Å². The monoisotopic (exact) mass is 441 g/mol. The number of aromatic nitrogens is 3. The number of rotatable bonds is 9. The molecule has 0 unspecified atom stereocenters. The molecule has 0 radical (unpaired) electrons. The third kappa shape index (κ3) is 5.56. The molecule has 0 aliphatic heterocycles. The van der Waals surface area contributed by atoms with E-state index >= 15 is 0 Å². The smallest absolute Gasteiger partial charge is 0.471 e. The molecule has 0 atom stereocenters. The van der Waals surface area contributed by atoms with E-state index in [9.17, 15) is 13.2 Å². The van der Waals surface area contributed by atoms with Gasteiger partial charge in [0.05, 0.1) is 12.3 Å². The number of alkyl halides is 3. The van der Waals surface area contributed by atoms with Gasteiger partial charge in [0.1, 0.15) is 11.5 Å². The van der Waals surface area contributed by atoms with E-state index < -0.39 is 12.1 Å². The summed E-state index contributed by atoms with van der Waals surface area (Å²) in [6, 6.07) is 5.33. The predicted molar refractivity (Wildman–Crippen MR) is 106 cm³/mol. The lowest BCUT2D eigenvalue weighted by molar-refractivity contribution is -0.159. The minimum Gasteiger partial charge on any atom is -0.493 e. The Labute approximate surface area is 176 Å². The predicted octanol–water partition coefficient (Wildman–Crippen LogP) is 5.62. The molecule has 10 heteroatoms. The van der Waals surface area contributed by atoms with Crippen molar-refractivity contribution in [2.45, 2.75) is 45.5 Å². The summed E-state index contributed by atoms with van der Waals surface area (Å²) in [6.07, 6.45) is -3.21.